The van der Waals surface area contributed by atoms with E-state index in [0.717, 1.165) is 7.11 Å². The summed E-state index contributed by atoms with van der Waals surface area (Å²) < 4.78 is 9.62. The van der Waals surface area contributed by atoms with Crippen molar-refractivity contribution in [3.05, 3.63) is 12.7 Å². The minimum Gasteiger partial charge on any atom is -0.467 e. The lowest BCUT2D eigenvalue weighted by molar-refractivity contribution is -0.195. The molecule has 1 aliphatic rings. The van der Waals surface area contributed by atoms with E-state index in [1.165, 1.54) is 6.08 Å². The first-order valence-corrected chi connectivity index (χ1v) is 5.34. The van der Waals surface area contributed by atoms with Crippen LogP contribution in [0.2, 0.25) is 0 Å². The Morgan fingerprint density at radius 1 is 1.47 bits per heavy atom. The zero-order valence-corrected chi connectivity index (χ0v) is 9.70. The second-order valence-corrected chi connectivity index (χ2v) is 4.15. The van der Waals surface area contributed by atoms with Crippen molar-refractivity contribution in [2.75, 3.05) is 13.7 Å². The van der Waals surface area contributed by atoms with Crippen molar-refractivity contribution >= 4 is 5.97 Å². The van der Waals surface area contributed by atoms with Crippen molar-refractivity contribution in [2.45, 2.75) is 36.8 Å². The number of hydrogen-bond acceptors (Lipinski definition) is 6. The van der Waals surface area contributed by atoms with Crippen LogP contribution in [0.4, 0.5) is 0 Å². The van der Waals surface area contributed by atoms with E-state index in [-0.39, 0.29) is 19.4 Å². The molecule has 1 fully saturated rings. The predicted molar refractivity (Wildman–Crippen MR) is 58.2 cm³/mol. The van der Waals surface area contributed by atoms with Gasteiger partial charge < -0.3 is 24.8 Å². The van der Waals surface area contributed by atoms with Gasteiger partial charge in [0.2, 0.25) is 0 Å². The van der Waals surface area contributed by atoms with Crippen LogP contribution in [0.15, 0.2) is 12.7 Å². The Morgan fingerprint density at radius 2 is 2.00 bits per heavy atom. The van der Waals surface area contributed by atoms with E-state index < -0.39 is 29.9 Å². The van der Waals surface area contributed by atoms with E-state index in [4.69, 9.17) is 4.74 Å². The van der Waals surface area contributed by atoms with Gasteiger partial charge in [0, 0.05) is 12.8 Å². The molecule has 2 atom stereocenters. The standard InChI is InChI=1S/C11H18O6/c1-3-4-17-9-7(12)5-11(15,6-8(9)13)10(14)16-2/h3,7-9,12-13,15H,1,4-6H2,2H3/t7-,8-,9?,11?/m1/s1. The van der Waals surface area contributed by atoms with Gasteiger partial charge in [-0.1, -0.05) is 6.08 Å². The highest BCUT2D eigenvalue weighted by Gasteiger charge is 2.49. The SMILES string of the molecule is C=CCOC1[C@H](O)CC(O)(C(=O)OC)C[C@H]1O. The van der Waals surface area contributed by atoms with Crippen LogP contribution in [-0.2, 0) is 14.3 Å². The van der Waals surface area contributed by atoms with Gasteiger partial charge in [-0.2, -0.15) is 0 Å². The fraction of sp³-hybridized carbons (Fsp3) is 0.727. The number of aliphatic hydroxyl groups is 3. The van der Waals surface area contributed by atoms with E-state index in [2.05, 4.69) is 11.3 Å². The van der Waals surface area contributed by atoms with Crippen LogP contribution in [0.1, 0.15) is 12.8 Å². The molecule has 0 spiro atoms. The number of carbonyl (C=O) groups is 1. The molecule has 17 heavy (non-hydrogen) atoms. The minimum absolute atomic E-state index is 0.176. The molecule has 98 valence electrons. The average molecular weight is 246 g/mol. The molecule has 1 aliphatic carbocycles. The van der Waals surface area contributed by atoms with E-state index in [1.807, 2.05) is 0 Å². The van der Waals surface area contributed by atoms with Crippen LogP contribution >= 0.6 is 0 Å². The first-order chi connectivity index (χ1) is 7.94. The summed E-state index contributed by atoms with van der Waals surface area (Å²) in [5, 5.41) is 29.5. The van der Waals surface area contributed by atoms with E-state index in [1.54, 1.807) is 0 Å². The first kappa shape index (κ1) is 14.1. The first-order valence-electron chi connectivity index (χ1n) is 5.34. The molecule has 0 radical (unpaired) electrons. The Bertz CT molecular complexity index is 278. The smallest absolute Gasteiger partial charge is 0.338 e. The minimum atomic E-state index is -1.86. The molecule has 6 nitrogen and oxygen atoms in total. The number of aliphatic hydroxyl groups excluding tert-OH is 2. The molecule has 0 aliphatic heterocycles. The molecule has 0 saturated heterocycles. The number of rotatable bonds is 4. The second-order valence-electron chi connectivity index (χ2n) is 4.15. The normalized spacial score (nSPS) is 37.5. The Labute approximate surface area is 99.5 Å². The van der Waals surface area contributed by atoms with Gasteiger partial charge in [-0.25, -0.2) is 4.79 Å². The summed E-state index contributed by atoms with van der Waals surface area (Å²) in [6.45, 7) is 3.63. The van der Waals surface area contributed by atoms with Gasteiger partial charge in [-0.05, 0) is 0 Å². The van der Waals surface area contributed by atoms with Crippen LogP contribution in [0.3, 0.4) is 0 Å². The quantitative estimate of drug-likeness (QED) is 0.434. The molecule has 1 rings (SSSR count). The number of methoxy groups -OCH3 is 1. The predicted octanol–water partition coefficient (Wildman–Crippen LogP) is -1.02. The van der Waals surface area contributed by atoms with Crippen molar-refractivity contribution in [2.24, 2.45) is 0 Å². The summed E-state index contributed by atoms with van der Waals surface area (Å²) >= 11 is 0. The van der Waals surface area contributed by atoms with Crippen molar-refractivity contribution in [1.29, 1.82) is 0 Å². The van der Waals surface area contributed by atoms with E-state index in [0.29, 0.717) is 0 Å². The van der Waals surface area contributed by atoms with Crippen molar-refractivity contribution in [3.8, 4) is 0 Å². The Hall–Kier alpha value is -0.950. The average Bonchev–Trinajstić information content (AvgIpc) is 2.26. The number of ether oxygens (including phenoxy) is 2. The molecule has 0 aromatic rings. The van der Waals surface area contributed by atoms with Crippen molar-refractivity contribution < 1.29 is 29.6 Å². The Kier molecular flexibility index (Phi) is 4.64. The van der Waals surface area contributed by atoms with Crippen LogP contribution in [0.5, 0.6) is 0 Å². The molecule has 0 amide bonds. The molecule has 0 bridgehead atoms. The third-order valence-electron chi connectivity index (χ3n) is 2.82. The van der Waals surface area contributed by atoms with Gasteiger partial charge in [-0.3, -0.25) is 0 Å². The van der Waals surface area contributed by atoms with Gasteiger partial charge in [0.05, 0.1) is 25.9 Å². The maximum atomic E-state index is 11.3. The highest BCUT2D eigenvalue weighted by atomic mass is 16.5. The number of esters is 1. The maximum Gasteiger partial charge on any atom is 0.338 e. The molecule has 0 unspecified atom stereocenters. The van der Waals surface area contributed by atoms with Crippen LogP contribution in [-0.4, -0.2) is 58.9 Å². The van der Waals surface area contributed by atoms with E-state index in [9.17, 15) is 20.1 Å². The third kappa shape index (κ3) is 3.04. The topological polar surface area (TPSA) is 96.2 Å². The fourth-order valence-electron chi connectivity index (χ4n) is 2.02. The number of carbonyl (C=O) groups excluding carboxylic acids is 1. The van der Waals surface area contributed by atoms with Gasteiger partial charge in [0.1, 0.15) is 6.10 Å². The zero-order chi connectivity index (χ0) is 13.1. The highest BCUT2D eigenvalue weighted by molar-refractivity contribution is 5.79. The van der Waals surface area contributed by atoms with Crippen molar-refractivity contribution in [3.63, 3.8) is 0 Å². The molecular weight excluding hydrogens is 228 g/mol. The molecule has 1 saturated carbocycles. The zero-order valence-electron chi connectivity index (χ0n) is 9.70. The van der Waals surface area contributed by atoms with Crippen LogP contribution in [0, 0.1) is 0 Å². The van der Waals surface area contributed by atoms with Gasteiger partial charge in [0.25, 0.3) is 0 Å². The summed E-state index contributed by atoms with van der Waals surface area (Å²) in [5.74, 6) is -0.863. The van der Waals surface area contributed by atoms with Crippen LogP contribution in [0.25, 0.3) is 0 Å². The summed E-state index contributed by atoms with van der Waals surface area (Å²) in [5.41, 5.74) is -1.86. The second kappa shape index (κ2) is 5.59. The van der Waals surface area contributed by atoms with Gasteiger partial charge in [0.15, 0.2) is 5.60 Å². The summed E-state index contributed by atoms with van der Waals surface area (Å²) in [4.78, 5) is 11.3. The summed E-state index contributed by atoms with van der Waals surface area (Å²) in [6.07, 6.45) is -2.07. The molecule has 0 heterocycles. The monoisotopic (exact) mass is 246 g/mol. The number of hydrogen-bond donors (Lipinski definition) is 3. The summed E-state index contributed by atoms with van der Waals surface area (Å²) in [6, 6.07) is 0. The largest absolute Gasteiger partial charge is 0.467 e. The third-order valence-corrected chi connectivity index (χ3v) is 2.82. The molecule has 0 aromatic heterocycles. The molecule has 0 aromatic carbocycles. The molecular formula is C11H18O6. The molecule has 3 N–H and O–H groups in total. The lowest BCUT2D eigenvalue weighted by Gasteiger charge is -2.40. The van der Waals surface area contributed by atoms with Gasteiger partial charge >= 0.3 is 5.97 Å². The lowest BCUT2D eigenvalue weighted by atomic mass is 9.79. The lowest BCUT2D eigenvalue weighted by Crippen LogP contribution is -2.57. The Balaban J connectivity index is 2.72. The van der Waals surface area contributed by atoms with Crippen LogP contribution < -0.4 is 0 Å². The highest BCUT2D eigenvalue weighted by Crippen LogP contribution is 2.31. The van der Waals surface area contributed by atoms with Gasteiger partial charge in [-0.15, -0.1) is 6.58 Å². The fourth-order valence-corrected chi connectivity index (χ4v) is 2.02. The van der Waals surface area contributed by atoms with E-state index >= 15 is 0 Å². The molecule has 6 heteroatoms. The Morgan fingerprint density at radius 3 is 2.41 bits per heavy atom. The summed E-state index contributed by atoms with van der Waals surface area (Å²) in [7, 11) is 1.14. The van der Waals surface area contributed by atoms with Crippen molar-refractivity contribution in [1.82, 2.24) is 0 Å². The maximum absolute atomic E-state index is 11.3.